The van der Waals surface area contributed by atoms with Crippen molar-refractivity contribution in [1.82, 2.24) is 0 Å². The molecule has 2 atom stereocenters. The highest BCUT2D eigenvalue weighted by Crippen LogP contribution is 2.43. The molecule has 1 rings (SSSR count). The van der Waals surface area contributed by atoms with Gasteiger partial charge in [-0.3, -0.25) is 20.2 Å². The molecule has 1 aromatic carbocycles. The topological polar surface area (TPSA) is 113 Å². The zero-order valence-electron chi connectivity index (χ0n) is 13.9. The SMILES string of the molecule is CCC(C)c1cc([N+](=O)[O-])cc([N+](=O)[O-])c1C(C)(CC)OC(=O)S. The van der Waals surface area contributed by atoms with E-state index in [0.717, 1.165) is 6.07 Å². The smallest absolute Gasteiger partial charge is 0.365 e. The van der Waals surface area contributed by atoms with E-state index in [1.807, 2.05) is 13.8 Å². The first-order valence-corrected chi connectivity index (χ1v) is 7.91. The van der Waals surface area contributed by atoms with Gasteiger partial charge in [0.1, 0.15) is 5.60 Å². The van der Waals surface area contributed by atoms with E-state index in [1.54, 1.807) is 13.8 Å². The Morgan fingerprint density at radius 3 is 2.25 bits per heavy atom. The lowest BCUT2D eigenvalue weighted by atomic mass is 9.82. The van der Waals surface area contributed by atoms with E-state index in [0.29, 0.717) is 12.0 Å². The van der Waals surface area contributed by atoms with Crippen molar-refractivity contribution in [3.05, 3.63) is 43.5 Å². The predicted molar refractivity (Wildman–Crippen MR) is 91.6 cm³/mol. The van der Waals surface area contributed by atoms with Gasteiger partial charge < -0.3 is 4.74 Å². The summed E-state index contributed by atoms with van der Waals surface area (Å²) < 4.78 is 5.25. The monoisotopic (exact) mass is 356 g/mol. The van der Waals surface area contributed by atoms with E-state index in [2.05, 4.69) is 12.6 Å². The molecule has 0 aliphatic rings. The lowest BCUT2D eigenvalue weighted by Gasteiger charge is -2.31. The second-order valence-electron chi connectivity index (χ2n) is 5.71. The van der Waals surface area contributed by atoms with Crippen molar-refractivity contribution in [2.75, 3.05) is 0 Å². The fourth-order valence-electron chi connectivity index (χ4n) is 2.56. The summed E-state index contributed by atoms with van der Waals surface area (Å²) in [5.41, 5.74) is -1.50. The number of nitro benzene ring substituents is 2. The van der Waals surface area contributed by atoms with Gasteiger partial charge in [0.25, 0.3) is 11.4 Å². The fraction of sp³-hybridized carbons (Fsp3) is 0.533. The van der Waals surface area contributed by atoms with Gasteiger partial charge in [-0.2, -0.15) is 0 Å². The molecule has 0 spiro atoms. The highest BCUT2D eigenvalue weighted by molar-refractivity contribution is 7.96. The molecule has 8 nitrogen and oxygen atoms in total. The number of carbonyl (C=O) groups excluding carboxylic acids is 1. The number of hydrogen-bond donors (Lipinski definition) is 1. The van der Waals surface area contributed by atoms with E-state index < -0.39 is 26.4 Å². The van der Waals surface area contributed by atoms with Crippen molar-refractivity contribution in [3.63, 3.8) is 0 Å². The number of nitrogens with zero attached hydrogens (tertiary/aromatic N) is 2. The van der Waals surface area contributed by atoms with Crippen molar-refractivity contribution in [3.8, 4) is 0 Å². The average Bonchev–Trinajstić information content (AvgIpc) is 2.51. The van der Waals surface area contributed by atoms with Gasteiger partial charge in [0.05, 0.1) is 21.5 Å². The van der Waals surface area contributed by atoms with Crippen molar-refractivity contribution in [1.29, 1.82) is 0 Å². The van der Waals surface area contributed by atoms with Gasteiger partial charge in [-0.15, -0.1) is 0 Å². The Morgan fingerprint density at radius 1 is 1.29 bits per heavy atom. The van der Waals surface area contributed by atoms with Gasteiger partial charge in [0.2, 0.25) is 0 Å². The summed E-state index contributed by atoms with van der Waals surface area (Å²) in [4.78, 5) is 32.7. The van der Waals surface area contributed by atoms with Crippen molar-refractivity contribution in [2.24, 2.45) is 0 Å². The maximum Gasteiger partial charge on any atom is 0.365 e. The Balaban J connectivity index is 3.86. The van der Waals surface area contributed by atoms with Crippen LogP contribution < -0.4 is 0 Å². The number of nitro groups is 2. The number of non-ortho nitro benzene ring substituents is 1. The zero-order valence-corrected chi connectivity index (χ0v) is 14.8. The normalized spacial score (nSPS) is 14.5. The van der Waals surface area contributed by atoms with Crippen LogP contribution in [0.3, 0.4) is 0 Å². The molecule has 9 heteroatoms. The maximum absolute atomic E-state index is 11.5. The average molecular weight is 356 g/mol. The van der Waals surface area contributed by atoms with Crippen LogP contribution in [0.5, 0.6) is 0 Å². The summed E-state index contributed by atoms with van der Waals surface area (Å²) >= 11 is 3.60. The number of benzene rings is 1. The molecule has 0 saturated carbocycles. The summed E-state index contributed by atoms with van der Waals surface area (Å²) in [6.07, 6.45) is 0.862. The molecular formula is C15H20N2O6S. The van der Waals surface area contributed by atoms with Crippen LogP contribution in [0.15, 0.2) is 12.1 Å². The van der Waals surface area contributed by atoms with Crippen LogP contribution in [-0.2, 0) is 10.3 Å². The molecule has 0 amide bonds. The van der Waals surface area contributed by atoms with Crippen LogP contribution in [-0.4, -0.2) is 15.1 Å². The van der Waals surface area contributed by atoms with Crippen LogP contribution in [0.1, 0.15) is 57.6 Å². The lowest BCUT2D eigenvalue weighted by Crippen LogP contribution is -2.29. The van der Waals surface area contributed by atoms with E-state index in [9.17, 15) is 25.0 Å². The molecule has 24 heavy (non-hydrogen) atoms. The zero-order chi connectivity index (χ0) is 18.7. The number of ether oxygens (including phenoxy) is 1. The molecule has 0 aromatic heterocycles. The summed E-state index contributed by atoms with van der Waals surface area (Å²) in [6, 6.07) is 2.22. The lowest BCUT2D eigenvalue weighted by molar-refractivity contribution is -0.395. The molecule has 0 aliphatic heterocycles. The van der Waals surface area contributed by atoms with Crippen LogP contribution in [0.2, 0.25) is 0 Å². The highest BCUT2D eigenvalue weighted by atomic mass is 32.1. The van der Waals surface area contributed by atoms with Gasteiger partial charge in [0, 0.05) is 6.07 Å². The molecule has 0 radical (unpaired) electrons. The Morgan fingerprint density at radius 2 is 1.88 bits per heavy atom. The number of carbonyl (C=O) groups is 1. The second kappa shape index (κ2) is 7.61. The molecule has 0 N–H and O–H groups in total. The molecule has 0 fully saturated rings. The quantitative estimate of drug-likeness (QED) is 0.328. The van der Waals surface area contributed by atoms with E-state index in [4.69, 9.17) is 4.74 Å². The third kappa shape index (κ3) is 4.02. The van der Waals surface area contributed by atoms with Crippen LogP contribution in [0, 0.1) is 20.2 Å². The summed E-state index contributed by atoms with van der Waals surface area (Å²) in [6.45, 7) is 6.93. The first-order valence-electron chi connectivity index (χ1n) is 7.46. The molecule has 1 aromatic rings. The number of hydrogen-bond acceptors (Lipinski definition) is 6. The van der Waals surface area contributed by atoms with Crippen LogP contribution in [0.25, 0.3) is 0 Å². The van der Waals surface area contributed by atoms with Crippen LogP contribution >= 0.6 is 12.6 Å². The molecule has 2 unspecified atom stereocenters. The summed E-state index contributed by atoms with van der Waals surface area (Å²) in [5, 5.41) is 21.8. The minimum Gasteiger partial charge on any atom is -0.446 e. The first kappa shape index (κ1) is 19.9. The van der Waals surface area contributed by atoms with Crippen molar-refractivity contribution < 1.29 is 19.4 Å². The van der Waals surface area contributed by atoms with Gasteiger partial charge in [-0.1, -0.05) is 33.4 Å². The van der Waals surface area contributed by atoms with Gasteiger partial charge in [0.15, 0.2) is 0 Å². The Kier molecular flexibility index (Phi) is 6.30. The van der Waals surface area contributed by atoms with Crippen molar-refractivity contribution in [2.45, 2.75) is 52.1 Å². The maximum atomic E-state index is 11.5. The van der Waals surface area contributed by atoms with Gasteiger partial charge in [-0.05, 0) is 31.2 Å². The van der Waals surface area contributed by atoms with Gasteiger partial charge >= 0.3 is 5.30 Å². The molecule has 132 valence electrons. The third-order valence-corrected chi connectivity index (χ3v) is 4.29. The van der Waals surface area contributed by atoms with Gasteiger partial charge in [-0.25, -0.2) is 4.79 Å². The summed E-state index contributed by atoms with van der Waals surface area (Å²) in [5.74, 6) is -0.192. The molecule has 0 aliphatic carbocycles. The van der Waals surface area contributed by atoms with E-state index in [-0.39, 0.29) is 23.6 Å². The van der Waals surface area contributed by atoms with E-state index in [1.165, 1.54) is 6.07 Å². The third-order valence-electron chi connectivity index (χ3n) is 4.20. The minimum atomic E-state index is -1.31. The van der Waals surface area contributed by atoms with E-state index >= 15 is 0 Å². The second-order valence-corrected chi connectivity index (χ2v) is 6.07. The Labute approximate surface area is 144 Å². The first-order chi connectivity index (χ1) is 11.1. The largest absolute Gasteiger partial charge is 0.446 e. The molecule has 0 bridgehead atoms. The highest BCUT2D eigenvalue weighted by Gasteiger charge is 2.40. The molecule has 0 saturated heterocycles. The molecular weight excluding hydrogens is 336 g/mol. The summed E-state index contributed by atoms with van der Waals surface area (Å²) in [7, 11) is 0. The minimum absolute atomic E-state index is 0.178. The van der Waals surface area contributed by atoms with Crippen LogP contribution in [0.4, 0.5) is 16.2 Å². The Bertz CT molecular complexity index is 678. The molecule has 0 heterocycles. The fourth-order valence-corrected chi connectivity index (χ4v) is 2.76. The number of thiol groups is 1. The Hall–Kier alpha value is -2.16. The standard InChI is InChI=1S/C15H20N2O6S/c1-5-9(3)11-7-10(16(19)20)8-12(17(21)22)13(11)15(4,6-2)23-14(18)24/h7-9H,5-6H2,1-4H3,(H,18,24). The number of rotatable bonds is 7. The van der Waals surface area contributed by atoms with Crippen molar-refractivity contribution >= 4 is 29.3 Å². The predicted octanol–water partition coefficient (Wildman–Crippen LogP) is 4.71.